The van der Waals surface area contributed by atoms with Crippen molar-refractivity contribution in [2.45, 2.75) is 19.9 Å². The molecule has 0 aliphatic carbocycles. The average molecular weight is 282 g/mol. The Morgan fingerprint density at radius 2 is 2.14 bits per heavy atom. The number of pyridine rings is 1. The van der Waals surface area contributed by atoms with Gasteiger partial charge in [-0.25, -0.2) is 0 Å². The van der Waals surface area contributed by atoms with Crippen molar-refractivity contribution in [3.8, 4) is 0 Å². The highest BCUT2D eigenvalue weighted by atomic mass is 16.1. The maximum atomic E-state index is 12.0. The van der Waals surface area contributed by atoms with E-state index >= 15 is 0 Å². The summed E-state index contributed by atoms with van der Waals surface area (Å²) in [5.41, 5.74) is 2.15. The van der Waals surface area contributed by atoms with Gasteiger partial charge in [0.1, 0.15) is 5.82 Å². The summed E-state index contributed by atoms with van der Waals surface area (Å²) in [4.78, 5) is 14.9. The smallest absolute Gasteiger partial charge is 0.257 e. The van der Waals surface area contributed by atoms with Gasteiger partial charge in [-0.2, -0.15) is 5.10 Å². The van der Waals surface area contributed by atoms with Gasteiger partial charge in [-0.05, 0) is 23.9 Å². The van der Waals surface area contributed by atoms with Crippen LogP contribution in [0.2, 0.25) is 0 Å². The summed E-state index contributed by atoms with van der Waals surface area (Å²) in [7, 11) is 1.92. The molecule has 0 amide bonds. The molecular weight excluding hydrogens is 264 g/mol. The molecule has 0 unspecified atom stereocenters. The molecule has 3 aromatic rings. The van der Waals surface area contributed by atoms with Crippen molar-refractivity contribution in [1.82, 2.24) is 14.8 Å². The van der Waals surface area contributed by atoms with Crippen LogP contribution in [0.25, 0.3) is 10.8 Å². The zero-order valence-electron chi connectivity index (χ0n) is 12.2. The van der Waals surface area contributed by atoms with Crippen LogP contribution < -0.4 is 10.9 Å². The van der Waals surface area contributed by atoms with E-state index < -0.39 is 0 Å². The molecule has 2 aromatic heterocycles. The fourth-order valence-corrected chi connectivity index (χ4v) is 2.53. The van der Waals surface area contributed by atoms with Gasteiger partial charge in [0.05, 0.1) is 5.69 Å². The highest BCUT2D eigenvalue weighted by Gasteiger charge is 2.06. The van der Waals surface area contributed by atoms with Gasteiger partial charge < -0.3 is 10.3 Å². The van der Waals surface area contributed by atoms with E-state index in [1.165, 1.54) is 0 Å². The van der Waals surface area contributed by atoms with E-state index in [1.54, 1.807) is 0 Å². The third-order valence-electron chi connectivity index (χ3n) is 3.55. The van der Waals surface area contributed by atoms with Crippen molar-refractivity contribution in [2.24, 2.45) is 7.05 Å². The monoisotopic (exact) mass is 282 g/mol. The van der Waals surface area contributed by atoms with E-state index in [-0.39, 0.29) is 5.56 Å². The molecule has 0 atom stereocenters. The molecule has 0 bridgehead atoms. The Morgan fingerprint density at radius 1 is 1.33 bits per heavy atom. The van der Waals surface area contributed by atoms with Gasteiger partial charge >= 0.3 is 0 Å². The van der Waals surface area contributed by atoms with Gasteiger partial charge in [0.2, 0.25) is 0 Å². The van der Waals surface area contributed by atoms with E-state index in [2.05, 4.69) is 22.3 Å². The normalized spacial score (nSPS) is 11.0. The lowest BCUT2D eigenvalue weighted by atomic mass is 10.1. The molecule has 0 spiro atoms. The number of nitrogens with zero attached hydrogens (tertiary/aromatic N) is 2. The van der Waals surface area contributed by atoms with Crippen molar-refractivity contribution >= 4 is 16.6 Å². The van der Waals surface area contributed by atoms with Gasteiger partial charge in [0, 0.05) is 30.7 Å². The molecule has 2 N–H and O–H groups in total. The topological polar surface area (TPSA) is 62.7 Å². The Hall–Kier alpha value is -2.56. The lowest BCUT2D eigenvalue weighted by Crippen LogP contribution is -2.11. The Balaban J connectivity index is 1.86. The second kappa shape index (κ2) is 5.44. The third kappa shape index (κ3) is 2.67. The van der Waals surface area contributed by atoms with Crippen molar-refractivity contribution < 1.29 is 0 Å². The summed E-state index contributed by atoms with van der Waals surface area (Å²) in [5.74, 6) is 0.726. The molecule has 0 fully saturated rings. The van der Waals surface area contributed by atoms with Crippen molar-refractivity contribution in [1.29, 1.82) is 0 Å². The molecule has 3 rings (SSSR count). The molecule has 0 saturated carbocycles. The molecule has 0 saturated heterocycles. The number of rotatable bonds is 4. The maximum absolute atomic E-state index is 12.0. The summed E-state index contributed by atoms with van der Waals surface area (Å²) >= 11 is 0. The molecule has 0 radical (unpaired) electrons. The molecule has 0 aliphatic rings. The second-order valence-corrected chi connectivity index (χ2v) is 5.08. The first kappa shape index (κ1) is 13.4. The van der Waals surface area contributed by atoms with E-state index in [4.69, 9.17) is 0 Å². The Labute approximate surface area is 122 Å². The highest BCUT2D eigenvalue weighted by Crippen LogP contribution is 2.14. The summed E-state index contributed by atoms with van der Waals surface area (Å²) < 4.78 is 1.82. The molecule has 5 nitrogen and oxygen atoms in total. The number of aryl methyl sites for hydroxylation is 2. The Kier molecular flexibility index (Phi) is 3.48. The summed E-state index contributed by atoms with van der Waals surface area (Å²) in [6.07, 6.45) is 2.90. The van der Waals surface area contributed by atoms with Gasteiger partial charge in [0.15, 0.2) is 0 Å². The number of nitrogens with one attached hydrogen (secondary N) is 2. The van der Waals surface area contributed by atoms with Gasteiger partial charge in [-0.1, -0.05) is 25.1 Å². The lowest BCUT2D eigenvalue weighted by Gasteiger charge is -2.07. The fraction of sp³-hybridized carbons (Fsp3) is 0.250. The Bertz CT molecular complexity index is 832. The van der Waals surface area contributed by atoms with E-state index in [1.807, 2.05) is 48.3 Å². The third-order valence-corrected chi connectivity index (χ3v) is 3.55. The number of aromatic nitrogens is 3. The Morgan fingerprint density at radius 3 is 2.95 bits per heavy atom. The van der Waals surface area contributed by atoms with Crippen LogP contribution in [0.5, 0.6) is 0 Å². The van der Waals surface area contributed by atoms with Crippen molar-refractivity contribution in [3.05, 3.63) is 58.1 Å². The van der Waals surface area contributed by atoms with E-state index in [9.17, 15) is 4.79 Å². The molecule has 2 heterocycles. The highest BCUT2D eigenvalue weighted by molar-refractivity contribution is 5.83. The predicted molar refractivity (Wildman–Crippen MR) is 84.5 cm³/mol. The lowest BCUT2D eigenvalue weighted by molar-refractivity contribution is 0.746. The van der Waals surface area contributed by atoms with Crippen LogP contribution >= 0.6 is 0 Å². The zero-order valence-corrected chi connectivity index (χ0v) is 12.2. The van der Waals surface area contributed by atoms with Gasteiger partial charge in [-0.3, -0.25) is 9.48 Å². The van der Waals surface area contributed by atoms with E-state index in [0.29, 0.717) is 11.9 Å². The maximum Gasteiger partial charge on any atom is 0.257 e. The number of aromatic amines is 1. The minimum Gasteiger partial charge on any atom is -0.367 e. The first-order chi connectivity index (χ1) is 10.2. The largest absolute Gasteiger partial charge is 0.367 e. The van der Waals surface area contributed by atoms with Crippen LogP contribution in [0.3, 0.4) is 0 Å². The van der Waals surface area contributed by atoms with Crippen LogP contribution in [0.4, 0.5) is 5.82 Å². The van der Waals surface area contributed by atoms with E-state index in [0.717, 1.165) is 28.9 Å². The van der Waals surface area contributed by atoms with Crippen LogP contribution in [-0.4, -0.2) is 14.8 Å². The van der Waals surface area contributed by atoms with Crippen LogP contribution in [0.15, 0.2) is 41.3 Å². The SMILES string of the molecule is CCc1nn(C)cc1CNc1cc2ccccc2c(=O)[nH]1. The first-order valence-corrected chi connectivity index (χ1v) is 7.04. The average Bonchev–Trinajstić information content (AvgIpc) is 2.85. The minimum absolute atomic E-state index is 0.0718. The van der Waals surface area contributed by atoms with Crippen LogP contribution in [0.1, 0.15) is 18.2 Å². The number of H-pyrrole nitrogens is 1. The summed E-state index contributed by atoms with van der Waals surface area (Å²) in [5, 5.41) is 9.33. The quantitative estimate of drug-likeness (QED) is 0.772. The number of hydrogen-bond acceptors (Lipinski definition) is 3. The number of anilines is 1. The second-order valence-electron chi connectivity index (χ2n) is 5.08. The molecule has 5 heteroatoms. The first-order valence-electron chi connectivity index (χ1n) is 7.04. The van der Waals surface area contributed by atoms with Crippen molar-refractivity contribution in [2.75, 3.05) is 5.32 Å². The molecule has 21 heavy (non-hydrogen) atoms. The molecule has 0 aliphatic heterocycles. The van der Waals surface area contributed by atoms with Crippen molar-refractivity contribution in [3.63, 3.8) is 0 Å². The van der Waals surface area contributed by atoms with Crippen LogP contribution in [0, 0.1) is 0 Å². The number of hydrogen-bond donors (Lipinski definition) is 2. The minimum atomic E-state index is -0.0718. The predicted octanol–water partition coefficient (Wildman–Crippen LogP) is 2.44. The molecule has 108 valence electrons. The summed E-state index contributed by atoms with van der Waals surface area (Å²) in [6.45, 7) is 2.73. The van der Waals surface area contributed by atoms with Crippen LogP contribution in [-0.2, 0) is 20.0 Å². The standard InChI is InChI=1S/C16H18N4O/c1-3-14-12(10-20(2)19-14)9-17-15-8-11-6-4-5-7-13(11)16(21)18-15/h4-8,10H,3,9H2,1-2H3,(H2,17,18,21). The summed E-state index contributed by atoms with van der Waals surface area (Å²) in [6, 6.07) is 9.53. The molecule has 1 aromatic carbocycles. The fourth-order valence-electron chi connectivity index (χ4n) is 2.53. The number of benzene rings is 1. The zero-order chi connectivity index (χ0) is 14.8. The molecular formula is C16H18N4O. The van der Waals surface area contributed by atoms with Gasteiger partial charge in [-0.15, -0.1) is 0 Å². The number of fused-ring (bicyclic) bond motifs is 1. The van der Waals surface area contributed by atoms with Gasteiger partial charge in [0.25, 0.3) is 5.56 Å².